The highest BCUT2D eigenvalue weighted by Gasteiger charge is 2.32. The zero-order valence-corrected chi connectivity index (χ0v) is 22.9. The number of nitrogens with zero attached hydrogens (tertiary/aromatic N) is 2. The van der Waals surface area contributed by atoms with Crippen LogP contribution >= 0.6 is 0 Å². The van der Waals surface area contributed by atoms with Crippen molar-refractivity contribution in [3.63, 3.8) is 0 Å². The van der Waals surface area contributed by atoms with E-state index < -0.39 is 28.5 Å². The van der Waals surface area contributed by atoms with Gasteiger partial charge in [0.25, 0.3) is 0 Å². The molecule has 3 aromatic carbocycles. The molecule has 1 unspecified atom stereocenters. The Labute approximate surface area is 220 Å². The molecule has 196 valence electrons. The van der Waals surface area contributed by atoms with Gasteiger partial charge in [-0.3, -0.25) is 13.9 Å². The van der Waals surface area contributed by atoms with Crippen molar-refractivity contribution in [1.29, 1.82) is 0 Å². The van der Waals surface area contributed by atoms with E-state index in [2.05, 4.69) is 5.32 Å². The third-order valence-electron chi connectivity index (χ3n) is 6.13. The van der Waals surface area contributed by atoms with Gasteiger partial charge in [0.2, 0.25) is 21.8 Å². The Morgan fingerprint density at radius 2 is 1.46 bits per heavy atom. The second-order valence-electron chi connectivity index (χ2n) is 9.45. The van der Waals surface area contributed by atoms with Crippen LogP contribution in [-0.4, -0.2) is 51.0 Å². The lowest BCUT2D eigenvalue weighted by Crippen LogP contribution is -2.52. The fraction of sp³-hybridized carbons (Fsp3) is 0.310. The second-order valence-corrected chi connectivity index (χ2v) is 11.4. The molecule has 0 bridgehead atoms. The van der Waals surface area contributed by atoms with Crippen molar-refractivity contribution in [3.8, 4) is 0 Å². The van der Waals surface area contributed by atoms with Gasteiger partial charge in [-0.05, 0) is 55.2 Å². The molecule has 8 heteroatoms. The molecule has 3 aromatic rings. The first kappa shape index (κ1) is 27.9. The van der Waals surface area contributed by atoms with Crippen LogP contribution in [0.25, 0.3) is 0 Å². The molecule has 0 saturated carbocycles. The van der Waals surface area contributed by atoms with Crippen molar-refractivity contribution < 1.29 is 18.0 Å². The van der Waals surface area contributed by atoms with Crippen molar-refractivity contribution >= 4 is 27.5 Å². The Morgan fingerprint density at radius 3 is 2.03 bits per heavy atom. The van der Waals surface area contributed by atoms with Crippen LogP contribution in [0.1, 0.15) is 27.8 Å². The number of nitrogens with one attached hydrogen (secondary N) is 1. The van der Waals surface area contributed by atoms with Gasteiger partial charge in [-0.25, -0.2) is 8.42 Å². The van der Waals surface area contributed by atoms with E-state index in [-0.39, 0.29) is 12.5 Å². The van der Waals surface area contributed by atoms with Gasteiger partial charge in [-0.2, -0.15) is 0 Å². The molecule has 0 saturated heterocycles. The summed E-state index contributed by atoms with van der Waals surface area (Å²) < 4.78 is 26.8. The van der Waals surface area contributed by atoms with Crippen molar-refractivity contribution in [2.75, 3.05) is 24.2 Å². The number of amides is 2. The minimum absolute atomic E-state index is 0.163. The van der Waals surface area contributed by atoms with E-state index in [9.17, 15) is 18.0 Å². The van der Waals surface area contributed by atoms with Gasteiger partial charge in [0.15, 0.2) is 0 Å². The van der Waals surface area contributed by atoms with Crippen LogP contribution in [0.5, 0.6) is 0 Å². The molecule has 1 N–H and O–H groups in total. The molecule has 0 aliphatic heterocycles. The van der Waals surface area contributed by atoms with E-state index in [1.807, 2.05) is 81.4 Å². The van der Waals surface area contributed by atoms with Crippen molar-refractivity contribution in [1.82, 2.24) is 10.2 Å². The number of carbonyl (C=O) groups is 2. The van der Waals surface area contributed by atoms with Gasteiger partial charge in [-0.1, -0.05) is 66.2 Å². The fourth-order valence-electron chi connectivity index (χ4n) is 4.44. The molecule has 0 heterocycles. The number of anilines is 1. The van der Waals surface area contributed by atoms with Crippen LogP contribution in [0, 0.1) is 20.8 Å². The minimum Gasteiger partial charge on any atom is -0.357 e. The number of aryl methyl sites for hydroxylation is 3. The van der Waals surface area contributed by atoms with Crippen LogP contribution in [0.3, 0.4) is 0 Å². The second kappa shape index (κ2) is 12.1. The molecule has 7 nitrogen and oxygen atoms in total. The number of likely N-dealkylation sites (N-methyl/N-ethyl adjacent to an activating group) is 1. The first-order valence-electron chi connectivity index (χ1n) is 12.1. The third-order valence-corrected chi connectivity index (χ3v) is 7.27. The molecule has 0 aromatic heterocycles. The fourth-order valence-corrected chi connectivity index (χ4v) is 5.27. The van der Waals surface area contributed by atoms with Gasteiger partial charge < -0.3 is 10.2 Å². The minimum atomic E-state index is -3.78. The summed E-state index contributed by atoms with van der Waals surface area (Å²) in [5.41, 5.74) is 4.97. The van der Waals surface area contributed by atoms with E-state index in [0.717, 1.165) is 38.4 Å². The molecule has 0 radical (unpaired) electrons. The molecule has 0 aliphatic carbocycles. The lowest BCUT2D eigenvalue weighted by atomic mass is 10.0. The van der Waals surface area contributed by atoms with Gasteiger partial charge in [0.05, 0.1) is 11.9 Å². The highest BCUT2D eigenvalue weighted by atomic mass is 32.2. The maximum Gasteiger partial charge on any atom is 0.244 e. The molecule has 1 atom stereocenters. The average molecular weight is 522 g/mol. The monoisotopic (exact) mass is 521 g/mol. The Kier molecular flexibility index (Phi) is 9.10. The quantitative estimate of drug-likeness (QED) is 0.440. The number of sulfonamides is 1. The summed E-state index contributed by atoms with van der Waals surface area (Å²) in [6.07, 6.45) is 1.38. The molecule has 0 aliphatic rings. The lowest BCUT2D eigenvalue weighted by Gasteiger charge is -2.33. The number of carbonyl (C=O) groups excluding carboxylic acids is 2. The standard InChI is InChI=1S/C29H35N3O4S/c1-21-10-9-13-25(15-21)19-31(27(29(34)30-4)18-24-11-7-6-8-12-24)28(33)20-32(37(5,35)36)26-16-22(2)14-23(3)17-26/h6-17,27H,18-20H2,1-5H3,(H,30,34). The van der Waals surface area contributed by atoms with E-state index >= 15 is 0 Å². The van der Waals surface area contributed by atoms with Gasteiger partial charge in [0.1, 0.15) is 12.6 Å². The summed E-state index contributed by atoms with van der Waals surface area (Å²) in [5, 5.41) is 2.68. The maximum atomic E-state index is 13.9. The molecule has 3 rings (SSSR count). The SMILES string of the molecule is CNC(=O)C(Cc1ccccc1)N(Cc1cccc(C)c1)C(=O)CN(c1cc(C)cc(C)c1)S(C)(=O)=O. The molecular formula is C29H35N3O4S. The van der Waals surface area contributed by atoms with Crippen molar-refractivity contribution in [2.45, 2.75) is 39.8 Å². The number of benzene rings is 3. The Hall–Kier alpha value is -3.65. The number of hydrogen-bond acceptors (Lipinski definition) is 4. The average Bonchev–Trinajstić information content (AvgIpc) is 2.83. The van der Waals surface area contributed by atoms with E-state index in [4.69, 9.17) is 0 Å². The first-order chi connectivity index (χ1) is 17.5. The van der Waals surface area contributed by atoms with Gasteiger partial charge >= 0.3 is 0 Å². The topological polar surface area (TPSA) is 86.8 Å². The number of rotatable bonds is 10. The Morgan fingerprint density at radius 1 is 0.838 bits per heavy atom. The van der Waals surface area contributed by atoms with Gasteiger partial charge in [0, 0.05) is 20.0 Å². The summed E-state index contributed by atoms with van der Waals surface area (Å²) in [4.78, 5) is 28.5. The predicted octanol–water partition coefficient (Wildman–Crippen LogP) is 3.76. The van der Waals surface area contributed by atoms with Crippen molar-refractivity contribution in [2.24, 2.45) is 0 Å². The van der Waals surface area contributed by atoms with E-state index in [0.29, 0.717) is 12.1 Å². The van der Waals surface area contributed by atoms with Crippen LogP contribution < -0.4 is 9.62 Å². The Bertz CT molecular complexity index is 1340. The summed E-state index contributed by atoms with van der Waals surface area (Å²) >= 11 is 0. The molecule has 0 spiro atoms. The number of hydrogen-bond donors (Lipinski definition) is 1. The summed E-state index contributed by atoms with van der Waals surface area (Å²) in [5.74, 6) is -0.780. The summed E-state index contributed by atoms with van der Waals surface area (Å²) in [6.45, 7) is 5.46. The molecular weight excluding hydrogens is 486 g/mol. The lowest BCUT2D eigenvalue weighted by molar-refractivity contribution is -0.139. The zero-order chi connectivity index (χ0) is 27.2. The maximum absolute atomic E-state index is 13.9. The highest BCUT2D eigenvalue weighted by Crippen LogP contribution is 2.23. The summed E-state index contributed by atoms with van der Waals surface area (Å²) in [7, 11) is -2.25. The smallest absolute Gasteiger partial charge is 0.244 e. The zero-order valence-electron chi connectivity index (χ0n) is 22.1. The largest absolute Gasteiger partial charge is 0.357 e. The predicted molar refractivity (Wildman–Crippen MR) is 148 cm³/mol. The molecule has 0 fully saturated rings. The van der Waals surface area contributed by atoms with Crippen LogP contribution in [0.15, 0.2) is 72.8 Å². The Balaban J connectivity index is 2.04. The van der Waals surface area contributed by atoms with E-state index in [1.165, 1.54) is 11.9 Å². The molecule has 37 heavy (non-hydrogen) atoms. The normalized spacial score (nSPS) is 12.0. The van der Waals surface area contributed by atoms with Crippen LogP contribution in [0.4, 0.5) is 5.69 Å². The third kappa shape index (κ3) is 7.67. The van der Waals surface area contributed by atoms with Crippen molar-refractivity contribution in [3.05, 3.63) is 101 Å². The van der Waals surface area contributed by atoms with Crippen LogP contribution in [0.2, 0.25) is 0 Å². The van der Waals surface area contributed by atoms with E-state index in [1.54, 1.807) is 12.1 Å². The first-order valence-corrected chi connectivity index (χ1v) is 14.0. The highest BCUT2D eigenvalue weighted by molar-refractivity contribution is 7.92. The van der Waals surface area contributed by atoms with Crippen LogP contribution in [-0.2, 0) is 32.6 Å². The summed E-state index contributed by atoms with van der Waals surface area (Å²) in [6, 6.07) is 21.8. The van der Waals surface area contributed by atoms with Gasteiger partial charge in [-0.15, -0.1) is 0 Å². The molecule has 2 amide bonds.